The van der Waals surface area contributed by atoms with Crippen LogP contribution in [-0.4, -0.2) is 41.3 Å². The SMILES string of the molecule is COc1cccc(OCCn2c([C@@H](C)N3CCCCC3)nc3ccccc32)c1. The molecule has 5 heteroatoms. The normalized spacial score (nSPS) is 16.2. The Bertz CT molecular complexity index is 915. The Balaban J connectivity index is 1.54. The van der Waals surface area contributed by atoms with Crippen molar-refractivity contribution in [1.82, 2.24) is 14.5 Å². The fourth-order valence-electron chi connectivity index (χ4n) is 4.06. The number of likely N-dealkylation sites (tertiary alicyclic amines) is 1. The molecule has 1 aromatic heterocycles. The van der Waals surface area contributed by atoms with Gasteiger partial charge in [0.05, 0.1) is 30.7 Å². The van der Waals surface area contributed by atoms with E-state index >= 15 is 0 Å². The van der Waals surface area contributed by atoms with Gasteiger partial charge in [-0.15, -0.1) is 0 Å². The lowest BCUT2D eigenvalue weighted by Gasteiger charge is -2.32. The van der Waals surface area contributed by atoms with Crippen molar-refractivity contribution < 1.29 is 9.47 Å². The largest absolute Gasteiger partial charge is 0.497 e. The molecule has 148 valence electrons. The van der Waals surface area contributed by atoms with Gasteiger partial charge in [0.25, 0.3) is 0 Å². The van der Waals surface area contributed by atoms with Crippen LogP contribution in [-0.2, 0) is 6.54 Å². The summed E-state index contributed by atoms with van der Waals surface area (Å²) in [6.45, 7) is 5.96. The fourth-order valence-corrected chi connectivity index (χ4v) is 4.06. The maximum absolute atomic E-state index is 6.01. The molecule has 1 aliphatic rings. The topological polar surface area (TPSA) is 39.5 Å². The van der Waals surface area contributed by atoms with Crippen LogP contribution in [0, 0.1) is 0 Å². The first-order chi connectivity index (χ1) is 13.8. The number of ether oxygens (including phenoxy) is 2. The average Bonchev–Trinajstić information content (AvgIpc) is 3.13. The summed E-state index contributed by atoms with van der Waals surface area (Å²) in [6, 6.07) is 16.5. The van der Waals surface area contributed by atoms with Gasteiger partial charge < -0.3 is 14.0 Å². The van der Waals surface area contributed by atoms with Crippen molar-refractivity contribution >= 4 is 11.0 Å². The van der Waals surface area contributed by atoms with Crippen molar-refractivity contribution in [2.24, 2.45) is 0 Å². The van der Waals surface area contributed by atoms with Crippen LogP contribution < -0.4 is 9.47 Å². The Kier molecular flexibility index (Phi) is 5.81. The van der Waals surface area contributed by atoms with Crippen LogP contribution in [0.2, 0.25) is 0 Å². The molecule has 1 atom stereocenters. The third-order valence-electron chi connectivity index (χ3n) is 5.62. The first-order valence-corrected chi connectivity index (χ1v) is 10.2. The summed E-state index contributed by atoms with van der Waals surface area (Å²) < 4.78 is 13.6. The molecule has 0 saturated carbocycles. The van der Waals surface area contributed by atoms with E-state index in [9.17, 15) is 0 Å². The van der Waals surface area contributed by atoms with E-state index in [1.54, 1.807) is 7.11 Å². The number of rotatable bonds is 7. The molecule has 1 fully saturated rings. The van der Waals surface area contributed by atoms with Crippen LogP contribution in [0.5, 0.6) is 11.5 Å². The number of aromatic nitrogens is 2. The molecule has 0 unspecified atom stereocenters. The number of nitrogens with zero attached hydrogens (tertiary/aromatic N) is 3. The summed E-state index contributed by atoms with van der Waals surface area (Å²) in [4.78, 5) is 7.55. The molecule has 3 aromatic rings. The number of hydrogen-bond acceptors (Lipinski definition) is 4. The molecular formula is C23H29N3O2. The van der Waals surface area contributed by atoms with Gasteiger partial charge in [-0.2, -0.15) is 0 Å². The zero-order chi connectivity index (χ0) is 19.3. The highest BCUT2D eigenvalue weighted by atomic mass is 16.5. The van der Waals surface area contributed by atoms with Gasteiger partial charge in [0, 0.05) is 6.07 Å². The second-order valence-corrected chi connectivity index (χ2v) is 7.41. The summed E-state index contributed by atoms with van der Waals surface area (Å²) in [6.07, 6.45) is 3.90. The molecule has 5 nitrogen and oxygen atoms in total. The van der Waals surface area contributed by atoms with E-state index in [2.05, 4.69) is 40.7 Å². The van der Waals surface area contributed by atoms with E-state index in [-0.39, 0.29) is 0 Å². The zero-order valence-electron chi connectivity index (χ0n) is 16.8. The van der Waals surface area contributed by atoms with E-state index in [0.29, 0.717) is 12.6 Å². The molecule has 2 aromatic carbocycles. The third kappa shape index (κ3) is 3.99. The molecule has 4 rings (SSSR count). The molecular weight excluding hydrogens is 350 g/mol. The second kappa shape index (κ2) is 8.65. The van der Waals surface area contributed by atoms with Crippen LogP contribution in [0.25, 0.3) is 11.0 Å². The number of benzene rings is 2. The second-order valence-electron chi connectivity index (χ2n) is 7.41. The van der Waals surface area contributed by atoms with Crippen LogP contribution in [0.15, 0.2) is 48.5 Å². The predicted octanol–water partition coefficient (Wildman–Crippen LogP) is 4.67. The van der Waals surface area contributed by atoms with E-state index in [1.807, 2.05) is 24.3 Å². The monoisotopic (exact) mass is 379 g/mol. The van der Waals surface area contributed by atoms with Crippen molar-refractivity contribution in [1.29, 1.82) is 0 Å². The van der Waals surface area contributed by atoms with Gasteiger partial charge in [-0.1, -0.05) is 24.6 Å². The zero-order valence-corrected chi connectivity index (χ0v) is 16.8. The Morgan fingerprint density at radius 1 is 1.00 bits per heavy atom. The van der Waals surface area contributed by atoms with Crippen LogP contribution >= 0.6 is 0 Å². The van der Waals surface area contributed by atoms with Gasteiger partial charge in [-0.3, -0.25) is 4.90 Å². The van der Waals surface area contributed by atoms with Crippen molar-refractivity contribution in [3.8, 4) is 11.5 Å². The third-order valence-corrected chi connectivity index (χ3v) is 5.62. The molecule has 0 aliphatic carbocycles. The number of imidazole rings is 1. The molecule has 2 heterocycles. The van der Waals surface area contributed by atoms with Crippen LogP contribution in [0.3, 0.4) is 0 Å². The van der Waals surface area contributed by atoms with Crippen molar-refractivity contribution in [2.45, 2.75) is 38.8 Å². The molecule has 28 heavy (non-hydrogen) atoms. The lowest BCUT2D eigenvalue weighted by Crippen LogP contribution is -2.34. The Labute approximate surface area is 166 Å². The van der Waals surface area contributed by atoms with Crippen molar-refractivity contribution in [3.05, 3.63) is 54.4 Å². The molecule has 0 bridgehead atoms. The number of piperidine rings is 1. The minimum absolute atomic E-state index is 0.310. The molecule has 0 N–H and O–H groups in total. The lowest BCUT2D eigenvalue weighted by molar-refractivity contribution is 0.165. The maximum atomic E-state index is 6.01. The minimum Gasteiger partial charge on any atom is -0.497 e. The van der Waals surface area contributed by atoms with Gasteiger partial charge in [0.15, 0.2) is 0 Å². The first kappa shape index (κ1) is 18.8. The van der Waals surface area contributed by atoms with Gasteiger partial charge in [0.2, 0.25) is 0 Å². The fraction of sp³-hybridized carbons (Fsp3) is 0.435. The summed E-state index contributed by atoms with van der Waals surface area (Å²) in [5.74, 6) is 2.77. The summed E-state index contributed by atoms with van der Waals surface area (Å²) in [5, 5.41) is 0. The van der Waals surface area contributed by atoms with Gasteiger partial charge in [-0.05, 0) is 57.1 Å². The first-order valence-electron chi connectivity index (χ1n) is 10.2. The van der Waals surface area contributed by atoms with E-state index in [1.165, 1.54) is 24.8 Å². The van der Waals surface area contributed by atoms with Gasteiger partial charge in [0.1, 0.15) is 23.9 Å². The minimum atomic E-state index is 0.310. The molecule has 0 amide bonds. The van der Waals surface area contributed by atoms with E-state index in [0.717, 1.165) is 42.5 Å². The molecule has 1 saturated heterocycles. The Morgan fingerprint density at radius 3 is 2.61 bits per heavy atom. The molecule has 0 spiro atoms. The smallest absolute Gasteiger partial charge is 0.127 e. The van der Waals surface area contributed by atoms with Gasteiger partial charge >= 0.3 is 0 Å². The molecule has 0 radical (unpaired) electrons. The van der Waals surface area contributed by atoms with Crippen LogP contribution in [0.1, 0.15) is 38.1 Å². The van der Waals surface area contributed by atoms with Crippen LogP contribution in [0.4, 0.5) is 0 Å². The predicted molar refractivity (Wildman–Crippen MR) is 112 cm³/mol. The summed E-state index contributed by atoms with van der Waals surface area (Å²) in [5.41, 5.74) is 2.23. The Morgan fingerprint density at radius 2 is 1.79 bits per heavy atom. The maximum Gasteiger partial charge on any atom is 0.127 e. The van der Waals surface area contributed by atoms with Gasteiger partial charge in [-0.25, -0.2) is 4.98 Å². The number of hydrogen-bond donors (Lipinski definition) is 0. The van der Waals surface area contributed by atoms with Crippen molar-refractivity contribution in [2.75, 3.05) is 26.8 Å². The van der Waals surface area contributed by atoms with E-state index in [4.69, 9.17) is 14.5 Å². The molecule has 1 aliphatic heterocycles. The van der Waals surface area contributed by atoms with E-state index < -0.39 is 0 Å². The summed E-state index contributed by atoms with van der Waals surface area (Å²) >= 11 is 0. The number of methoxy groups -OCH3 is 1. The number of para-hydroxylation sites is 2. The van der Waals surface area contributed by atoms with Crippen molar-refractivity contribution in [3.63, 3.8) is 0 Å². The Hall–Kier alpha value is -2.53. The average molecular weight is 380 g/mol. The lowest BCUT2D eigenvalue weighted by atomic mass is 10.1. The quantitative estimate of drug-likeness (QED) is 0.598. The highest BCUT2D eigenvalue weighted by Crippen LogP contribution is 2.27. The highest BCUT2D eigenvalue weighted by molar-refractivity contribution is 5.76. The number of fused-ring (bicyclic) bond motifs is 1. The highest BCUT2D eigenvalue weighted by Gasteiger charge is 2.23. The summed E-state index contributed by atoms with van der Waals surface area (Å²) in [7, 11) is 1.67. The standard InChI is InChI=1S/C23H29N3O2/c1-18(25-13-6-3-7-14-25)23-24-21-11-4-5-12-22(21)26(23)15-16-28-20-10-8-9-19(17-20)27-2/h4-5,8-12,17-18H,3,6-7,13-16H2,1-2H3/t18-/m1/s1.